The molecule has 3 fully saturated rings. The van der Waals surface area contributed by atoms with E-state index in [4.69, 9.17) is 0 Å². The number of nitrogens with zero attached hydrogens (tertiary/aromatic N) is 3. The van der Waals surface area contributed by atoms with Gasteiger partial charge < -0.3 is 20.0 Å². The molecule has 7 heteroatoms. The summed E-state index contributed by atoms with van der Waals surface area (Å²) in [5.74, 6) is 1.20. The van der Waals surface area contributed by atoms with Crippen LogP contribution in [0.1, 0.15) is 40.0 Å². The van der Waals surface area contributed by atoms with Crippen LogP contribution in [-0.2, 0) is 9.59 Å². The Hall–Kier alpha value is -1.79. The molecule has 1 N–H and O–H groups in total. The lowest BCUT2D eigenvalue weighted by atomic mass is 9.81. The van der Waals surface area contributed by atoms with E-state index in [0.717, 1.165) is 39.0 Å². The van der Waals surface area contributed by atoms with Crippen LogP contribution in [-0.4, -0.2) is 78.4 Å². The maximum atomic E-state index is 12.7. The number of hydrogen-bond donors (Lipinski definition) is 1. The molecule has 4 amide bonds. The van der Waals surface area contributed by atoms with Gasteiger partial charge >= 0.3 is 6.03 Å². The fourth-order valence-electron chi connectivity index (χ4n) is 4.34. The molecule has 3 rings (SSSR count). The number of nitrogens with one attached hydrogen (secondary N) is 1. The molecule has 0 aromatic rings. The summed E-state index contributed by atoms with van der Waals surface area (Å²) in [6.07, 6.45) is 2.44. The molecule has 7 nitrogen and oxygen atoms in total. The zero-order chi connectivity index (χ0) is 18.9. The minimum absolute atomic E-state index is 0.0303. The van der Waals surface area contributed by atoms with Crippen LogP contribution in [0.15, 0.2) is 0 Å². The molecule has 3 saturated heterocycles. The van der Waals surface area contributed by atoms with Gasteiger partial charge in [0.1, 0.15) is 0 Å². The van der Waals surface area contributed by atoms with Gasteiger partial charge in [0, 0.05) is 57.6 Å². The fourth-order valence-corrected chi connectivity index (χ4v) is 4.34. The van der Waals surface area contributed by atoms with Gasteiger partial charge in [-0.1, -0.05) is 20.8 Å². The van der Waals surface area contributed by atoms with Crippen molar-refractivity contribution >= 4 is 17.8 Å². The number of hydrogen-bond acceptors (Lipinski definition) is 3. The van der Waals surface area contributed by atoms with E-state index < -0.39 is 0 Å². The lowest BCUT2D eigenvalue weighted by Gasteiger charge is -2.40. The Kier molecular flexibility index (Phi) is 5.44. The van der Waals surface area contributed by atoms with Crippen LogP contribution in [0.2, 0.25) is 0 Å². The number of piperidine rings is 1. The van der Waals surface area contributed by atoms with Crippen LogP contribution in [0.5, 0.6) is 0 Å². The second-order valence-corrected chi connectivity index (χ2v) is 8.90. The Morgan fingerprint density at radius 1 is 1.04 bits per heavy atom. The van der Waals surface area contributed by atoms with Gasteiger partial charge in [0.15, 0.2) is 0 Å². The first-order valence-electron chi connectivity index (χ1n) is 9.85. The molecule has 0 aromatic carbocycles. The van der Waals surface area contributed by atoms with Gasteiger partial charge in [-0.25, -0.2) is 4.79 Å². The highest BCUT2D eigenvalue weighted by atomic mass is 16.2. The van der Waals surface area contributed by atoms with E-state index in [1.807, 2.05) is 30.6 Å². The number of carbonyl (C=O) groups excluding carboxylic acids is 3. The normalized spacial score (nSPS) is 27.3. The Morgan fingerprint density at radius 3 is 2.38 bits per heavy atom. The molecular weight excluding hydrogens is 332 g/mol. The molecule has 0 spiro atoms. The highest BCUT2D eigenvalue weighted by molar-refractivity contribution is 5.82. The molecule has 0 aromatic heterocycles. The third-order valence-electron chi connectivity index (χ3n) is 5.96. The molecule has 146 valence electrons. The lowest BCUT2D eigenvalue weighted by molar-refractivity contribution is -0.142. The van der Waals surface area contributed by atoms with Crippen LogP contribution in [0.25, 0.3) is 0 Å². The molecule has 26 heavy (non-hydrogen) atoms. The molecule has 0 saturated carbocycles. The fraction of sp³-hybridized carbons (Fsp3) is 0.842. The van der Waals surface area contributed by atoms with Gasteiger partial charge in [-0.05, 0) is 24.7 Å². The summed E-state index contributed by atoms with van der Waals surface area (Å²) < 4.78 is 0. The predicted octanol–water partition coefficient (Wildman–Crippen LogP) is 1.14. The minimum atomic E-state index is -0.351. The molecular formula is C19H32N4O3. The largest absolute Gasteiger partial charge is 0.342 e. The molecule has 2 unspecified atom stereocenters. The van der Waals surface area contributed by atoms with Crippen molar-refractivity contribution < 1.29 is 14.4 Å². The van der Waals surface area contributed by atoms with Crippen molar-refractivity contribution in [1.29, 1.82) is 0 Å². The molecule has 3 heterocycles. The highest BCUT2D eigenvalue weighted by Crippen LogP contribution is 2.34. The number of carbonyl (C=O) groups is 3. The smallest absolute Gasteiger partial charge is 0.317 e. The summed E-state index contributed by atoms with van der Waals surface area (Å²) in [7, 11) is 0. The van der Waals surface area contributed by atoms with Gasteiger partial charge in [0.2, 0.25) is 11.8 Å². The topological polar surface area (TPSA) is 73.0 Å². The first-order chi connectivity index (χ1) is 12.3. The lowest BCUT2D eigenvalue weighted by Crippen LogP contribution is -2.47. The van der Waals surface area contributed by atoms with E-state index in [-0.39, 0.29) is 23.3 Å². The van der Waals surface area contributed by atoms with Crippen LogP contribution in [0, 0.1) is 17.3 Å². The average Bonchev–Trinajstić information content (AvgIpc) is 2.91. The van der Waals surface area contributed by atoms with Gasteiger partial charge in [0.05, 0.1) is 0 Å². The molecule has 0 bridgehead atoms. The van der Waals surface area contributed by atoms with Gasteiger partial charge in [-0.3, -0.25) is 9.59 Å². The molecule has 2 atom stereocenters. The van der Waals surface area contributed by atoms with Gasteiger partial charge in [0.25, 0.3) is 0 Å². The zero-order valence-electron chi connectivity index (χ0n) is 16.3. The molecule has 0 radical (unpaired) electrons. The summed E-state index contributed by atoms with van der Waals surface area (Å²) in [6.45, 7) is 10.8. The monoisotopic (exact) mass is 364 g/mol. The average molecular weight is 364 g/mol. The first-order valence-corrected chi connectivity index (χ1v) is 9.85. The van der Waals surface area contributed by atoms with Crippen molar-refractivity contribution in [2.45, 2.75) is 40.0 Å². The van der Waals surface area contributed by atoms with Gasteiger partial charge in [-0.15, -0.1) is 0 Å². The maximum absolute atomic E-state index is 12.7. The standard InChI is InChI=1S/C19H32N4O3/c1-19(2,3)17(25)23-8-4-14-12-16(24)21(7-5-15(14)13-23)10-11-22-9-6-20-18(22)26/h14-15H,4-13H2,1-3H3,(H,20,26). The summed E-state index contributed by atoms with van der Waals surface area (Å²) in [5, 5.41) is 2.80. The molecule has 3 aliphatic rings. The number of likely N-dealkylation sites (tertiary alicyclic amines) is 2. The maximum Gasteiger partial charge on any atom is 0.317 e. The SMILES string of the molecule is CC(C)(C)C(=O)N1CCC2CC(=O)N(CCN3CCNC3=O)CCC2C1. The van der Waals surface area contributed by atoms with Crippen molar-refractivity contribution in [3.8, 4) is 0 Å². The summed E-state index contributed by atoms with van der Waals surface area (Å²) >= 11 is 0. The number of rotatable bonds is 3. The summed E-state index contributed by atoms with van der Waals surface area (Å²) in [6, 6.07) is -0.0303. The number of amides is 4. The van der Waals surface area contributed by atoms with Crippen molar-refractivity contribution in [2.24, 2.45) is 17.3 Å². The van der Waals surface area contributed by atoms with Crippen molar-refractivity contribution in [3.63, 3.8) is 0 Å². The Morgan fingerprint density at radius 2 is 1.73 bits per heavy atom. The van der Waals surface area contributed by atoms with E-state index in [1.165, 1.54) is 0 Å². The zero-order valence-corrected chi connectivity index (χ0v) is 16.3. The van der Waals surface area contributed by atoms with E-state index in [9.17, 15) is 14.4 Å². The van der Waals surface area contributed by atoms with E-state index in [1.54, 1.807) is 4.90 Å². The van der Waals surface area contributed by atoms with E-state index >= 15 is 0 Å². The van der Waals surface area contributed by atoms with Crippen molar-refractivity contribution in [3.05, 3.63) is 0 Å². The predicted molar refractivity (Wildman–Crippen MR) is 98.4 cm³/mol. The van der Waals surface area contributed by atoms with E-state index in [0.29, 0.717) is 37.9 Å². The summed E-state index contributed by atoms with van der Waals surface area (Å²) in [5.41, 5.74) is -0.351. The molecule has 0 aliphatic carbocycles. The van der Waals surface area contributed by atoms with Crippen molar-refractivity contribution in [1.82, 2.24) is 20.0 Å². The molecule has 3 aliphatic heterocycles. The first kappa shape index (κ1) is 19.0. The second kappa shape index (κ2) is 7.45. The van der Waals surface area contributed by atoms with Crippen LogP contribution >= 0.6 is 0 Å². The highest BCUT2D eigenvalue weighted by Gasteiger charge is 2.38. The second-order valence-electron chi connectivity index (χ2n) is 8.90. The third kappa shape index (κ3) is 4.13. The van der Waals surface area contributed by atoms with Gasteiger partial charge in [-0.2, -0.15) is 0 Å². The van der Waals surface area contributed by atoms with E-state index in [2.05, 4.69) is 5.32 Å². The van der Waals surface area contributed by atoms with Crippen LogP contribution < -0.4 is 5.32 Å². The van der Waals surface area contributed by atoms with Crippen LogP contribution in [0.4, 0.5) is 4.79 Å². The Balaban J connectivity index is 1.56. The Labute approximate surface area is 156 Å². The minimum Gasteiger partial charge on any atom is -0.342 e. The third-order valence-corrected chi connectivity index (χ3v) is 5.96. The van der Waals surface area contributed by atoms with Crippen LogP contribution in [0.3, 0.4) is 0 Å². The number of urea groups is 1. The van der Waals surface area contributed by atoms with Crippen molar-refractivity contribution in [2.75, 3.05) is 45.8 Å². The summed E-state index contributed by atoms with van der Waals surface area (Å²) in [4.78, 5) is 42.6. The number of fused-ring (bicyclic) bond motifs is 1. The quantitative estimate of drug-likeness (QED) is 0.816. The Bertz CT molecular complexity index is 572.